The molecule has 2 N–H and O–H groups in total. The number of amidine groups is 1. The summed E-state index contributed by atoms with van der Waals surface area (Å²) in [4.78, 5) is 21.7. The lowest BCUT2D eigenvalue weighted by Gasteiger charge is -2.45. The Labute approximate surface area is 218 Å². The first kappa shape index (κ1) is 25.7. The molecular weight excluding hydrogens is 493 g/mol. The Morgan fingerprint density at radius 1 is 1.05 bits per heavy atom. The van der Waals surface area contributed by atoms with Crippen LogP contribution < -0.4 is 14.9 Å². The Hall–Kier alpha value is -2.98. The second-order valence-corrected chi connectivity index (χ2v) is 12.2. The number of carbonyl (C=O) groups excluding carboxylic acids is 1. The fraction of sp³-hybridized carbons (Fsp3) is 0.481. The van der Waals surface area contributed by atoms with Crippen LogP contribution in [0.3, 0.4) is 0 Å². The minimum Gasteiger partial charge on any atom is -0.369 e. The number of aliphatic imine (C=N–C) groups is 1. The van der Waals surface area contributed by atoms with Crippen LogP contribution >= 0.6 is 0 Å². The third-order valence-electron chi connectivity index (χ3n) is 7.60. The third-order valence-corrected chi connectivity index (χ3v) is 8.21. The second kappa shape index (κ2) is 10.4. The molecule has 10 heteroatoms. The van der Waals surface area contributed by atoms with E-state index in [0.717, 1.165) is 24.7 Å². The number of amides is 2. The summed E-state index contributed by atoms with van der Waals surface area (Å²) in [6.45, 7) is 2.09. The van der Waals surface area contributed by atoms with Gasteiger partial charge in [-0.3, -0.25) is 14.5 Å². The van der Waals surface area contributed by atoms with Crippen molar-refractivity contribution in [3.05, 3.63) is 59.9 Å². The molecule has 5 rings (SSSR count). The number of likely N-dealkylation sites (tertiary alicyclic amines) is 1. The van der Waals surface area contributed by atoms with E-state index in [0.29, 0.717) is 55.7 Å². The number of anilines is 2. The number of sulfonamides is 1. The maximum atomic E-state index is 14.2. The van der Waals surface area contributed by atoms with Gasteiger partial charge in [-0.05, 0) is 61.6 Å². The first-order valence-corrected chi connectivity index (χ1v) is 14.9. The van der Waals surface area contributed by atoms with E-state index in [9.17, 15) is 17.6 Å². The van der Waals surface area contributed by atoms with Gasteiger partial charge in [0.15, 0.2) is 0 Å². The summed E-state index contributed by atoms with van der Waals surface area (Å²) < 4.78 is 39.9. The molecule has 37 heavy (non-hydrogen) atoms. The van der Waals surface area contributed by atoms with Gasteiger partial charge in [0.1, 0.15) is 17.2 Å². The largest absolute Gasteiger partial charge is 0.369 e. The molecule has 1 saturated carbocycles. The normalized spacial score (nSPS) is 20.8. The van der Waals surface area contributed by atoms with Crippen LogP contribution in [0.2, 0.25) is 0 Å². The first-order valence-electron chi connectivity index (χ1n) is 13.0. The predicted octanol–water partition coefficient (Wildman–Crippen LogP) is 4.49. The predicted molar refractivity (Wildman–Crippen MR) is 144 cm³/mol. The van der Waals surface area contributed by atoms with Crippen LogP contribution in [0.4, 0.5) is 20.6 Å². The van der Waals surface area contributed by atoms with Crippen molar-refractivity contribution >= 4 is 33.3 Å². The van der Waals surface area contributed by atoms with Crippen LogP contribution in [0.5, 0.6) is 0 Å². The highest BCUT2D eigenvalue weighted by Gasteiger charge is 2.52. The van der Waals surface area contributed by atoms with Crippen molar-refractivity contribution in [1.82, 2.24) is 10.2 Å². The van der Waals surface area contributed by atoms with Crippen molar-refractivity contribution in [3.63, 3.8) is 0 Å². The SMILES string of the molecule is CS(=O)(=O)Nc1cccc(CN2CCC3(CC2)C(NC2CCCCC2)=NC(=O)N3c2cccc(F)c2)c1. The Morgan fingerprint density at radius 3 is 2.49 bits per heavy atom. The highest BCUT2D eigenvalue weighted by Crippen LogP contribution is 2.39. The molecule has 2 aliphatic heterocycles. The van der Waals surface area contributed by atoms with Crippen molar-refractivity contribution in [2.75, 3.05) is 29.0 Å². The number of nitrogens with zero attached hydrogens (tertiary/aromatic N) is 3. The van der Waals surface area contributed by atoms with E-state index in [2.05, 4.69) is 19.9 Å². The molecule has 1 aliphatic carbocycles. The molecule has 0 aromatic heterocycles. The number of hydrogen-bond acceptors (Lipinski definition) is 5. The van der Waals surface area contributed by atoms with Gasteiger partial charge in [-0.15, -0.1) is 0 Å². The summed E-state index contributed by atoms with van der Waals surface area (Å²) in [6, 6.07) is 13.5. The highest BCUT2D eigenvalue weighted by molar-refractivity contribution is 7.92. The van der Waals surface area contributed by atoms with Crippen molar-refractivity contribution in [2.24, 2.45) is 4.99 Å². The van der Waals surface area contributed by atoms with Gasteiger partial charge in [0, 0.05) is 37.1 Å². The molecule has 2 aromatic carbocycles. The first-order chi connectivity index (χ1) is 17.7. The third kappa shape index (κ3) is 5.80. The van der Waals surface area contributed by atoms with Gasteiger partial charge in [-0.1, -0.05) is 37.5 Å². The molecule has 1 saturated heterocycles. The summed E-state index contributed by atoms with van der Waals surface area (Å²) in [6.07, 6.45) is 8.16. The standard InChI is InChI=1S/C27H34FN5O3S/c1-37(35,36)31-23-11-5-7-20(17-23)19-32-15-13-27(14-16-32)25(29-22-9-3-2-4-10-22)30-26(34)33(27)24-12-6-8-21(28)18-24/h5-8,11-12,17-18,22,31H,2-4,9-10,13-16,19H2,1H3,(H,29,30,34). The van der Waals surface area contributed by atoms with Crippen LogP contribution in [-0.2, 0) is 16.6 Å². The molecule has 2 heterocycles. The number of carbonyl (C=O) groups is 1. The van der Waals surface area contributed by atoms with Crippen molar-refractivity contribution in [3.8, 4) is 0 Å². The molecule has 0 unspecified atom stereocenters. The second-order valence-electron chi connectivity index (χ2n) is 10.4. The molecule has 1 spiro atoms. The molecule has 2 aromatic rings. The number of halogens is 1. The van der Waals surface area contributed by atoms with Crippen LogP contribution in [0.15, 0.2) is 53.5 Å². The topological polar surface area (TPSA) is 94.1 Å². The number of urea groups is 1. The Morgan fingerprint density at radius 2 is 1.78 bits per heavy atom. The Balaban J connectivity index is 1.36. The van der Waals surface area contributed by atoms with Gasteiger partial charge in [0.2, 0.25) is 10.0 Å². The summed E-state index contributed by atoms with van der Waals surface area (Å²) in [7, 11) is -3.35. The van der Waals surface area contributed by atoms with Gasteiger partial charge in [0.05, 0.1) is 6.26 Å². The van der Waals surface area contributed by atoms with Gasteiger partial charge in [-0.2, -0.15) is 4.99 Å². The zero-order valence-corrected chi connectivity index (χ0v) is 21.9. The van der Waals surface area contributed by atoms with E-state index in [-0.39, 0.29) is 11.8 Å². The van der Waals surface area contributed by atoms with E-state index >= 15 is 0 Å². The quantitative estimate of drug-likeness (QED) is 0.577. The summed E-state index contributed by atoms with van der Waals surface area (Å²) in [5, 5.41) is 3.63. The molecule has 2 fully saturated rings. The smallest absolute Gasteiger partial charge is 0.350 e. The van der Waals surface area contributed by atoms with Gasteiger partial charge in [0.25, 0.3) is 0 Å². The maximum Gasteiger partial charge on any atom is 0.350 e. The molecule has 0 atom stereocenters. The lowest BCUT2D eigenvalue weighted by Crippen LogP contribution is -2.62. The van der Waals surface area contributed by atoms with E-state index in [4.69, 9.17) is 0 Å². The molecule has 3 aliphatic rings. The summed E-state index contributed by atoms with van der Waals surface area (Å²) in [5.74, 6) is 0.335. The average molecular weight is 528 g/mol. The Kier molecular flexibility index (Phi) is 7.22. The van der Waals surface area contributed by atoms with E-state index in [1.54, 1.807) is 23.1 Å². The number of rotatable bonds is 6. The fourth-order valence-corrected chi connectivity index (χ4v) is 6.42. The zero-order valence-electron chi connectivity index (χ0n) is 21.1. The molecular formula is C27H34FN5O3S. The lowest BCUT2D eigenvalue weighted by molar-refractivity contribution is 0.181. The number of benzene rings is 2. The minimum atomic E-state index is -3.35. The monoisotopic (exact) mass is 527 g/mol. The fourth-order valence-electron chi connectivity index (χ4n) is 5.87. The lowest BCUT2D eigenvalue weighted by atomic mass is 9.83. The van der Waals surface area contributed by atoms with Crippen molar-refractivity contribution in [2.45, 2.75) is 63.1 Å². The maximum absolute atomic E-state index is 14.2. The zero-order chi connectivity index (χ0) is 26.0. The Bertz CT molecular complexity index is 1280. The minimum absolute atomic E-state index is 0.299. The molecule has 0 bridgehead atoms. The van der Waals surface area contributed by atoms with Gasteiger partial charge in [-0.25, -0.2) is 17.6 Å². The van der Waals surface area contributed by atoms with Crippen molar-refractivity contribution in [1.29, 1.82) is 0 Å². The molecule has 2 amide bonds. The number of hydrogen-bond donors (Lipinski definition) is 2. The van der Waals surface area contributed by atoms with E-state index < -0.39 is 15.6 Å². The average Bonchev–Trinajstić information content (AvgIpc) is 3.10. The van der Waals surface area contributed by atoms with Gasteiger partial charge < -0.3 is 5.32 Å². The van der Waals surface area contributed by atoms with Gasteiger partial charge >= 0.3 is 6.03 Å². The van der Waals surface area contributed by atoms with Crippen LogP contribution in [-0.4, -0.2) is 56.1 Å². The molecule has 198 valence electrons. The summed E-state index contributed by atoms with van der Waals surface area (Å²) in [5.41, 5.74) is 1.43. The van der Waals surface area contributed by atoms with E-state index in [1.165, 1.54) is 31.4 Å². The van der Waals surface area contributed by atoms with Crippen LogP contribution in [0.1, 0.15) is 50.5 Å². The summed E-state index contributed by atoms with van der Waals surface area (Å²) >= 11 is 0. The highest BCUT2D eigenvalue weighted by atomic mass is 32.2. The van der Waals surface area contributed by atoms with Crippen LogP contribution in [0.25, 0.3) is 0 Å². The number of piperidine rings is 1. The van der Waals surface area contributed by atoms with Crippen LogP contribution in [0, 0.1) is 5.82 Å². The van der Waals surface area contributed by atoms with E-state index in [1.807, 2.05) is 18.2 Å². The number of nitrogens with one attached hydrogen (secondary N) is 2. The van der Waals surface area contributed by atoms with Crippen molar-refractivity contribution < 1.29 is 17.6 Å². The molecule has 0 radical (unpaired) electrons. The molecule has 8 nitrogen and oxygen atoms in total.